The van der Waals surface area contributed by atoms with E-state index >= 15 is 0 Å². The lowest BCUT2D eigenvalue weighted by molar-refractivity contribution is 0.342. The second kappa shape index (κ2) is 7.74. The Bertz CT molecular complexity index is 827. The van der Waals surface area contributed by atoms with E-state index in [1.165, 1.54) is 0 Å². The van der Waals surface area contributed by atoms with Crippen molar-refractivity contribution in [3.63, 3.8) is 0 Å². The summed E-state index contributed by atoms with van der Waals surface area (Å²) in [5.41, 5.74) is 1.69. The zero-order chi connectivity index (χ0) is 16.8. The highest BCUT2D eigenvalue weighted by Gasteiger charge is 2.07. The van der Waals surface area contributed by atoms with Crippen molar-refractivity contribution in [2.24, 2.45) is 0 Å². The van der Waals surface area contributed by atoms with Gasteiger partial charge in [-0.1, -0.05) is 24.3 Å². The molecular weight excluding hydrogens is 370 g/mol. The Morgan fingerprint density at radius 2 is 1.75 bits per heavy atom. The maximum Gasteiger partial charge on any atom is 0.249 e. The second-order valence-electron chi connectivity index (χ2n) is 4.82. The van der Waals surface area contributed by atoms with Crippen LogP contribution in [0.15, 0.2) is 59.2 Å². The Morgan fingerprint density at radius 1 is 1.00 bits per heavy atom. The van der Waals surface area contributed by atoms with Crippen molar-refractivity contribution < 1.29 is 4.74 Å². The molecule has 0 saturated heterocycles. The third kappa shape index (κ3) is 3.99. The Balaban J connectivity index is 1.80. The number of nitrogens with zero attached hydrogens (tertiary/aromatic N) is 3. The Hall–Kier alpha value is -2.67. The molecule has 6 nitrogen and oxygen atoms in total. The number of benzene rings is 2. The van der Waals surface area contributed by atoms with Crippen molar-refractivity contribution in [3.8, 4) is 5.75 Å². The number of aromatic nitrogens is 3. The van der Waals surface area contributed by atoms with E-state index < -0.39 is 0 Å². The second-order valence-corrected chi connectivity index (χ2v) is 5.68. The average molecular weight is 386 g/mol. The van der Waals surface area contributed by atoms with Crippen molar-refractivity contribution in [1.82, 2.24) is 15.2 Å². The minimum absolute atomic E-state index is 0.388. The molecule has 7 heteroatoms. The largest absolute Gasteiger partial charge is 0.492 e. The molecular formula is C17H16BrN5O. The van der Waals surface area contributed by atoms with Crippen LogP contribution in [0.4, 0.5) is 23.1 Å². The summed E-state index contributed by atoms with van der Waals surface area (Å²) in [4.78, 5) is 4.43. The molecule has 1 heterocycles. The van der Waals surface area contributed by atoms with Crippen LogP contribution in [-0.2, 0) is 0 Å². The van der Waals surface area contributed by atoms with E-state index in [4.69, 9.17) is 4.74 Å². The first kappa shape index (κ1) is 16.2. The summed E-state index contributed by atoms with van der Waals surface area (Å²) in [5.74, 6) is 1.72. The van der Waals surface area contributed by atoms with Gasteiger partial charge in [-0.05, 0) is 47.1 Å². The van der Waals surface area contributed by atoms with Crippen LogP contribution in [0.2, 0.25) is 0 Å². The van der Waals surface area contributed by atoms with Crippen LogP contribution < -0.4 is 15.4 Å². The lowest BCUT2D eigenvalue weighted by Crippen LogP contribution is -2.04. The fourth-order valence-electron chi connectivity index (χ4n) is 2.09. The normalized spacial score (nSPS) is 10.2. The van der Waals surface area contributed by atoms with Gasteiger partial charge in [-0.3, -0.25) is 0 Å². The molecule has 0 saturated carbocycles. The average Bonchev–Trinajstić information content (AvgIpc) is 2.59. The molecule has 0 spiro atoms. The highest BCUT2D eigenvalue weighted by Crippen LogP contribution is 2.27. The van der Waals surface area contributed by atoms with Gasteiger partial charge >= 0.3 is 0 Å². The fraction of sp³-hybridized carbons (Fsp3) is 0.118. The zero-order valence-corrected chi connectivity index (χ0v) is 14.6. The molecule has 0 aliphatic carbocycles. The number of ether oxygens (including phenoxy) is 1. The third-order valence-electron chi connectivity index (χ3n) is 3.13. The van der Waals surface area contributed by atoms with Gasteiger partial charge in [-0.25, -0.2) is 0 Å². The van der Waals surface area contributed by atoms with Crippen molar-refractivity contribution in [1.29, 1.82) is 0 Å². The molecule has 24 heavy (non-hydrogen) atoms. The maximum absolute atomic E-state index is 5.59. The van der Waals surface area contributed by atoms with Crippen molar-refractivity contribution >= 4 is 39.1 Å². The highest BCUT2D eigenvalue weighted by molar-refractivity contribution is 9.10. The molecule has 0 radical (unpaired) electrons. The molecule has 3 rings (SSSR count). The predicted molar refractivity (Wildman–Crippen MR) is 98.1 cm³/mol. The van der Waals surface area contributed by atoms with Gasteiger partial charge in [0.25, 0.3) is 0 Å². The SMILES string of the molecule is CCOc1ccccc1Nc1nncc(Nc2ccccc2Br)n1. The van der Waals surface area contributed by atoms with Crippen molar-refractivity contribution in [2.75, 3.05) is 17.2 Å². The van der Waals surface area contributed by atoms with E-state index in [0.29, 0.717) is 18.4 Å². The molecule has 0 aliphatic heterocycles. The molecule has 0 unspecified atom stereocenters. The van der Waals surface area contributed by atoms with Crippen molar-refractivity contribution in [3.05, 3.63) is 59.2 Å². The number of hydrogen-bond acceptors (Lipinski definition) is 6. The van der Waals surface area contributed by atoms with Gasteiger partial charge < -0.3 is 15.4 Å². The first-order chi connectivity index (χ1) is 11.8. The zero-order valence-electron chi connectivity index (χ0n) is 13.0. The fourth-order valence-corrected chi connectivity index (χ4v) is 2.47. The number of halogens is 1. The number of para-hydroxylation sites is 3. The summed E-state index contributed by atoms with van der Waals surface area (Å²) >= 11 is 3.49. The summed E-state index contributed by atoms with van der Waals surface area (Å²) in [6, 6.07) is 15.4. The number of nitrogens with one attached hydrogen (secondary N) is 2. The molecule has 0 fully saturated rings. The standard InChI is InChI=1S/C17H16BrN5O/c1-2-24-15-10-6-5-9-14(15)21-17-22-16(11-19-23-17)20-13-8-4-3-7-12(13)18/h3-11H,2H2,1H3,(H2,20,21,22,23). The molecule has 3 aromatic rings. The molecule has 0 aliphatic rings. The molecule has 0 bridgehead atoms. The van der Waals surface area contributed by atoms with Crippen molar-refractivity contribution in [2.45, 2.75) is 6.92 Å². The van der Waals surface area contributed by atoms with E-state index in [-0.39, 0.29) is 0 Å². The Kier molecular flexibility index (Phi) is 5.22. The van der Waals surface area contributed by atoms with E-state index in [9.17, 15) is 0 Å². The van der Waals surface area contributed by atoms with Gasteiger partial charge in [0, 0.05) is 4.47 Å². The predicted octanol–water partition coefficient (Wildman–Crippen LogP) is 4.52. The van der Waals surface area contributed by atoms with Crippen LogP contribution in [0.1, 0.15) is 6.92 Å². The number of hydrogen-bond donors (Lipinski definition) is 2. The summed E-state index contributed by atoms with van der Waals surface area (Å²) in [6.45, 7) is 2.53. The van der Waals surface area contributed by atoms with Crippen LogP contribution >= 0.6 is 15.9 Å². The smallest absolute Gasteiger partial charge is 0.249 e. The summed E-state index contributed by atoms with van der Waals surface area (Å²) < 4.78 is 6.53. The molecule has 2 aromatic carbocycles. The van der Waals surface area contributed by atoms with Crippen LogP contribution in [-0.4, -0.2) is 21.8 Å². The molecule has 0 atom stereocenters. The van der Waals surface area contributed by atoms with Gasteiger partial charge in [-0.2, -0.15) is 10.1 Å². The minimum atomic E-state index is 0.388. The quantitative estimate of drug-likeness (QED) is 0.649. The third-order valence-corrected chi connectivity index (χ3v) is 3.82. The van der Waals surface area contributed by atoms with Crippen LogP contribution in [0, 0.1) is 0 Å². The van der Waals surface area contributed by atoms with Crippen LogP contribution in [0.5, 0.6) is 5.75 Å². The van der Waals surface area contributed by atoms with Gasteiger partial charge in [0.1, 0.15) is 5.75 Å². The van der Waals surface area contributed by atoms with E-state index in [1.807, 2.05) is 55.5 Å². The number of rotatable bonds is 6. The number of anilines is 4. The Morgan fingerprint density at radius 3 is 2.54 bits per heavy atom. The van der Waals surface area contributed by atoms with Crippen LogP contribution in [0.3, 0.4) is 0 Å². The lowest BCUT2D eigenvalue weighted by atomic mass is 10.3. The van der Waals surface area contributed by atoms with Crippen LogP contribution in [0.25, 0.3) is 0 Å². The first-order valence-electron chi connectivity index (χ1n) is 7.46. The van der Waals surface area contributed by atoms with Gasteiger partial charge in [0.2, 0.25) is 5.95 Å². The van der Waals surface area contributed by atoms with Gasteiger partial charge in [-0.15, -0.1) is 5.10 Å². The monoisotopic (exact) mass is 385 g/mol. The van der Waals surface area contributed by atoms with Gasteiger partial charge in [0.15, 0.2) is 5.82 Å². The summed E-state index contributed by atoms with van der Waals surface area (Å²) in [7, 11) is 0. The summed E-state index contributed by atoms with van der Waals surface area (Å²) in [5, 5.41) is 14.4. The lowest BCUT2D eigenvalue weighted by Gasteiger charge is -2.12. The van der Waals surface area contributed by atoms with E-state index in [0.717, 1.165) is 21.6 Å². The Labute approximate surface area is 148 Å². The molecule has 1 aromatic heterocycles. The molecule has 2 N–H and O–H groups in total. The minimum Gasteiger partial charge on any atom is -0.492 e. The maximum atomic E-state index is 5.59. The van der Waals surface area contributed by atoms with E-state index in [1.54, 1.807) is 6.20 Å². The summed E-state index contributed by atoms with van der Waals surface area (Å²) in [6.07, 6.45) is 1.57. The van der Waals surface area contributed by atoms with E-state index in [2.05, 4.69) is 41.7 Å². The van der Waals surface area contributed by atoms with Gasteiger partial charge in [0.05, 0.1) is 24.2 Å². The first-order valence-corrected chi connectivity index (χ1v) is 8.25. The molecule has 122 valence electrons. The topological polar surface area (TPSA) is 72.0 Å². The highest BCUT2D eigenvalue weighted by atomic mass is 79.9. The molecule has 0 amide bonds.